The molecule has 2 unspecified atom stereocenters. The van der Waals surface area contributed by atoms with Crippen LogP contribution in [-0.2, 0) is 0 Å². The predicted molar refractivity (Wildman–Crippen MR) is 118 cm³/mol. The molecule has 2 aliphatic rings. The molecule has 2 aromatic heterocycles. The Morgan fingerprint density at radius 1 is 1.21 bits per heavy atom. The summed E-state index contributed by atoms with van der Waals surface area (Å²) in [7, 11) is 0. The van der Waals surface area contributed by atoms with Crippen LogP contribution in [0.3, 0.4) is 0 Å². The first-order chi connectivity index (χ1) is 16.1. The van der Waals surface area contributed by atoms with Gasteiger partial charge in [0.2, 0.25) is 5.43 Å². The first kappa shape index (κ1) is 22.2. The van der Waals surface area contributed by atoms with Gasteiger partial charge in [0.25, 0.3) is 0 Å². The molecule has 4 N–H and O–H groups in total. The maximum atomic E-state index is 15.3. The number of nitrogen functional groups attached to an aromatic ring is 1. The number of pyridine rings is 2. The van der Waals surface area contributed by atoms with Gasteiger partial charge in [-0.25, -0.2) is 22.9 Å². The molecule has 0 radical (unpaired) electrons. The number of fused-ring (bicyclic) bond motifs is 2. The van der Waals surface area contributed by atoms with Crippen molar-refractivity contribution in [3.63, 3.8) is 0 Å². The number of aliphatic hydroxyl groups is 1. The van der Waals surface area contributed by atoms with E-state index in [-0.39, 0.29) is 35.2 Å². The summed E-state index contributed by atoms with van der Waals surface area (Å²) in [4.78, 5) is 29.7. The van der Waals surface area contributed by atoms with Crippen molar-refractivity contribution >= 4 is 40.0 Å². The summed E-state index contributed by atoms with van der Waals surface area (Å²) in [6.07, 6.45) is 2.54. The summed E-state index contributed by atoms with van der Waals surface area (Å²) in [6, 6.07) is 1.28. The van der Waals surface area contributed by atoms with Crippen molar-refractivity contribution in [2.24, 2.45) is 5.92 Å². The van der Waals surface area contributed by atoms with E-state index in [2.05, 4.69) is 4.98 Å². The number of carboxylic acid groups (broad SMARTS) is 1. The topological polar surface area (TPSA) is 122 Å². The quantitative estimate of drug-likeness (QED) is 0.481. The van der Waals surface area contributed by atoms with E-state index in [9.17, 15) is 28.6 Å². The Hall–Kier alpha value is -3.57. The Bertz CT molecular complexity index is 1490. The third kappa shape index (κ3) is 3.23. The van der Waals surface area contributed by atoms with Crippen molar-refractivity contribution in [1.29, 1.82) is 0 Å². The molecule has 1 aliphatic heterocycles. The van der Waals surface area contributed by atoms with Crippen LogP contribution in [-0.4, -0.2) is 44.9 Å². The fourth-order valence-corrected chi connectivity index (χ4v) is 5.00. The molecule has 0 bridgehead atoms. The largest absolute Gasteiger partial charge is 0.477 e. The first-order valence-corrected chi connectivity index (χ1v) is 10.5. The highest BCUT2D eigenvalue weighted by molar-refractivity contribution is 6.38. The van der Waals surface area contributed by atoms with Crippen molar-refractivity contribution in [3.05, 3.63) is 68.2 Å². The van der Waals surface area contributed by atoms with Crippen molar-refractivity contribution in [3.8, 4) is 5.82 Å². The molecule has 1 saturated heterocycles. The molecule has 34 heavy (non-hydrogen) atoms. The maximum Gasteiger partial charge on any atom is 0.341 e. The van der Waals surface area contributed by atoms with E-state index in [0.717, 1.165) is 22.4 Å². The van der Waals surface area contributed by atoms with Crippen LogP contribution in [0.4, 0.5) is 24.7 Å². The van der Waals surface area contributed by atoms with E-state index in [1.54, 1.807) is 4.90 Å². The molecule has 1 aliphatic carbocycles. The monoisotopic (exact) mass is 492 g/mol. The van der Waals surface area contributed by atoms with Crippen molar-refractivity contribution in [2.45, 2.75) is 12.5 Å². The van der Waals surface area contributed by atoms with Crippen LogP contribution < -0.4 is 16.1 Å². The van der Waals surface area contributed by atoms with Gasteiger partial charge in [-0.1, -0.05) is 17.7 Å². The Morgan fingerprint density at radius 3 is 2.62 bits per heavy atom. The lowest BCUT2D eigenvalue weighted by Crippen LogP contribution is -2.26. The molecule has 3 heterocycles. The molecule has 3 aromatic rings. The summed E-state index contributed by atoms with van der Waals surface area (Å²) < 4.78 is 44.6. The highest BCUT2D eigenvalue weighted by Crippen LogP contribution is 2.42. The van der Waals surface area contributed by atoms with Crippen LogP contribution in [0.15, 0.2) is 34.8 Å². The third-order valence-electron chi connectivity index (χ3n) is 6.22. The number of halogens is 4. The van der Waals surface area contributed by atoms with Gasteiger partial charge in [0.1, 0.15) is 11.4 Å². The molecule has 0 saturated carbocycles. The van der Waals surface area contributed by atoms with Gasteiger partial charge in [-0.15, -0.1) is 0 Å². The van der Waals surface area contributed by atoms with Gasteiger partial charge >= 0.3 is 5.97 Å². The first-order valence-electron chi connectivity index (χ1n) is 10.1. The van der Waals surface area contributed by atoms with Crippen LogP contribution in [0.2, 0.25) is 5.02 Å². The fraction of sp³-hybridized carbons (Fsp3) is 0.227. The predicted octanol–water partition coefficient (Wildman–Crippen LogP) is 2.86. The second-order valence-electron chi connectivity index (χ2n) is 8.19. The van der Waals surface area contributed by atoms with Crippen molar-refractivity contribution in [2.75, 3.05) is 23.7 Å². The zero-order chi connectivity index (χ0) is 24.5. The molecule has 0 spiro atoms. The molecule has 176 valence electrons. The standard InChI is InChI=1S/C22H16ClF3N4O4/c23-16-17-9(3-12(24)18(16)29-5-8-1-2-15(31)10(8)6-29)19(32)11(22(33)34)7-30(17)21-14(26)4-13(25)20(27)28-21/h1,3-4,7,10,15,31H,2,5-6H2,(H2,27,28)(H,33,34). The third-order valence-corrected chi connectivity index (χ3v) is 6.58. The van der Waals surface area contributed by atoms with Gasteiger partial charge in [-0.05, 0) is 18.1 Å². The smallest absolute Gasteiger partial charge is 0.341 e. The van der Waals surface area contributed by atoms with E-state index in [1.165, 1.54) is 0 Å². The van der Waals surface area contributed by atoms with Crippen LogP contribution in [0.1, 0.15) is 16.8 Å². The summed E-state index contributed by atoms with van der Waals surface area (Å²) in [5.41, 5.74) is 4.22. The molecular formula is C22H16ClF3N4O4. The number of benzene rings is 1. The van der Waals surface area contributed by atoms with E-state index in [1.807, 2.05) is 6.08 Å². The molecule has 1 fully saturated rings. The highest BCUT2D eigenvalue weighted by atomic mass is 35.5. The van der Waals surface area contributed by atoms with Crippen molar-refractivity contribution in [1.82, 2.24) is 9.55 Å². The van der Waals surface area contributed by atoms with Gasteiger partial charge in [0, 0.05) is 31.3 Å². The van der Waals surface area contributed by atoms with Gasteiger partial charge in [-0.3, -0.25) is 9.36 Å². The number of aliphatic hydroxyl groups excluding tert-OH is 1. The normalized spacial score (nSPS) is 19.6. The van der Waals surface area contributed by atoms with Crippen molar-refractivity contribution < 1.29 is 28.2 Å². The number of anilines is 2. The summed E-state index contributed by atoms with van der Waals surface area (Å²) >= 11 is 6.58. The van der Waals surface area contributed by atoms with E-state index in [4.69, 9.17) is 17.3 Å². The molecule has 1 aromatic carbocycles. The van der Waals surface area contributed by atoms with E-state index < -0.39 is 57.5 Å². The summed E-state index contributed by atoms with van der Waals surface area (Å²) in [5.74, 6) is -6.40. The van der Waals surface area contributed by atoms with E-state index in [0.29, 0.717) is 12.5 Å². The van der Waals surface area contributed by atoms with Crippen LogP contribution >= 0.6 is 11.6 Å². The number of carbonyl (C=O) groups is 1. The highest BCUT2D eigenvalue weighted by Gasteiger charge is 2.38. The minimum Gasteiger partial charge on any atom is -0.477 e. The van der Waals surface area contributed by atoms with Crippen LogP contribution in [0.5, 0.6) is 0 Å². The lowest BCUT2D eigenvalue weighted by Gasteiger charge is -2.24. The Kier molecular flexibility index (Phi) is 5.06. The number of rotatable bonds is 3. The Morgan fingerprint density at radius 2 is 1.94 bits per heavy atom. The second kappa shape index (κ2) is 7.74. The number of nitrogens with two attached hydrogens (primary N) is 1. The lowest BCUT2D eigenvalue weighted by molar-refractivity contribution is 0.0695. The molecule has 5 rings (SSSR count). The second-order valence-corrected chi connectivity index (χ2v) is 8.57. The van der Waals surface area contributed by atoms with Gasteiger partial charge in [-0.2, -0.15) is 0 Å². The molecular weight excluding hydrogens is 477 g/mol. The minimum absolute atomic E-state index is 0.108. The van der Waals surface area contributed by atoms with Crippen LogP contribution in [0, 0.1) is 23.4 Å². The van der Waals surface area contributed by atoms with Gasteiger partial charge < -0.3 is 20.8 Å². The number of hydrogen-bond acceptors (Lipinski definition) is 6. The van der Waals surface area contributed by atoms with Gasteiger partial charge in [0.05, 0.1) is 27.7 Å². The number of aromatic carboxylic acids is 1. The van der Waals surface area contributed by atoms with Crippen LogP contribution in [0.25, 0.3) is 16.7 Å². The lowest BCUT2D eigenvalue weighted by atomic mass is 10.0. The molecule has 2 atom stereocenters. The minimum atomic E-state index is -1.65. The molecule has 12 heteroatoms. The average Bonchev–Trinajstić information content (AvgIpc) is 3.33. The zero-order valence-corrected chi connectivity index (χ0v) is 18.0. The molecule has 0 amide bonds. The number of hydrogen-bond donors (Lipinski definition) is 3. The van der Waals surface area contributed by atoms with Gasteiger partial charge in [0.15, 0.2) is 23.3 Å². The number of nitrogens with zero attached hydrogens (tertiary/aromatic N) is 3. The SMILES string of the molecule is Nc1nc(-n2cc(C(=O)O)c(=O)c3cc(F)c(N4CC5=CCC(O)C5C4)c(Cl)c32)c(F)cc1F. The summed E-state index contributed by atoms with van der Waals surface area (Å²) in [6.45, 7) is 0.528. The Balaban J connectivity index is 1.82. The number of carboxylic acids is 1. The number of aromatic nitrogens is 2. The Labute approximate surface area is 194 Å². The maximum absolute atomic E-state index is 15.3. The molecule has 8 nitrogen and oxygen atoms in total. The van der Waals surface area contributed by atoms with E-state index >= 15 is 4.39 Å². The fourth-order valence-electron chi connectivity index (χ4n) is 4.60. The average molecular weight is 493 g/mol. The zero-order valence-electron chi connectivity index (χ0n) is 17.2. The summed E-state index contributed by atoms with van der Waals surface area (Å²) in [5, 5.41) is 18.9.